The van der Waals surface area contributed by atoms with Crippen molar-refractivity contribution < 1.29 is 39.8 Å². The summed E-state index contributed by atoms with van der Waals surface area (Å²) in [5.74, 6) is -0.235. The number of amides is 1. The van der Waals surface area contributed by atoms with Crippen LogP contribution in [0.25, 0.3) is 0 Å². The van der Waals surface area contributed by atoms with E-state index in [0.717, 1.165) is 44.9 Å². The number of aliphatic hydroxyl groups excluding tert-OH is 5. The molecule has 1 heterocycles. The van der Waals surface area contributed by atoms with Crippen LogP contribution >= 0.6 is 0 Å². The fourth-order valence-corrected chi connectivity index (χ4v) is 6.15. The highest BCUT2D eigenvalue weighted by Crippen LogP contribution is 2.22. The smallest absolute Gasteiger partial charge is 0.220 e. The van der Waals surface area contributed by atoms with Gasteiger partial charge < -0.3 is 40.3 Å². The van der Waals surface area contributed by atoms with Crippen molar-refractivity contribution in [1.29, 1.82) is 0 Å². The maximum atomic E-state index is 12.9. The van der Waals surface area contributed by atoms with E-state index >= 15 is 0 Å². The van der Waals surface area contributed by atoms with Crippen molar-refractivity contribution in [3.63, 3.8) is 0 Å². The molecular weight excluding hydrogens is 670 g/mol. The molecule has 1 saturated heterocycles. The summed E-state index contributed by atoms with van der Waals surface area (Å²) in [6.45, 7) is 3.68. The molecule has 1 fully saturated rings. The van der Waals surface area contributed by atoms with E-state index in [2.05, 4.69) is 67.8 Å². The van der Waals surface area contributed by atoms with Crippen LogP contribution in [0.4, 0.5) is 0 Å². The van der Waals surface area contributed by atoms with E-state index in [1.54, 1.807) is 6.08 Å². The SMILES string of the molecule is CCCCC/C=C\C/C=C\C/C=C\C/C=C\CCCC(=O)N[C@@H](COC1OC(CO)C(O)C(O)C1O)[C@H](O)/C=C/CCCCCCCCCCCCC. The number of rotatable bonds is 33. The molecule has 1 aliphatic rings. The zero-order valence-electron chi connectivity index (χ0n) is 33.2. The summed E-state index contributed by atoms with van der Waals surface area (Å²) in [6.07, 6.45) is 36.9. The second-order valence-corrected chi connectivity index (χ2v) is 14.4. The quantitative estimate of drug-likeness (QED) is 0.0292. The van der Waals surface area contributed by atoms with Gasteiger partial charge in [-0.2, -0.15) is 0 Å². The van der Waals surface area contributed by atoms with Crippen LogP contribution in [0.15, 0.2) is 60.8 Å². The van der Waals surface area contributed by atoms with Gasteiger partial charge in [0.2, 0.25) is 5.91 Å². The molecule has 306 valence electrons. The van der Waals surface area contributed by atoms with Gasteiger partial charge in [-0.15, -0.1) is 0 Å². The van der Waals surface area contributed by atoms with Crippen LogP contribution in [0.3, 0.4) is 0 Å². The fraction of sp³-hybridized carbons (Fsp3) is 0.750. The first kappa shape index (κ1) is 48.9. The Morgan fingerprint density at radius 3 is 1.68 bits per heavy atom. The molecule has 0 bridgehead atoms. The fourth-order valence-electron chi connectivity index (χ4n) is 6.15. The van der Waals surface area contributed by atoms with Crippen molar-refractivity contribution in [2.24, 2.45) is 0 Å². The van der Waals surface area contributed by atoms with Crippen LogP contribution in [0, 0.1) is 0 Å². The van der Waals surface area contributed by atoms with Crippen LogP contribution in [-0.4, -0.2) is 87.5 Å². The van der Waals surface area contributed by atoms with Gasteiger partial charge in [0.1, 0.15) is 24.4 Å². The standard InChI is InChI=1S/C44H77NO8/c1-3-5-7-9-11-13-15-17-18-19-20-22-24-26-28-30-32-34-40(48)45-37(36-52-44-43(51)42(50)41(49)39(35-46)53-44)38(47)33-31-29-27-25-23-21-16-14-12-10-8-6-4-2/h11,13,17-18,20,22,26,28,31,33,37-39,41-44,46-47,49-51H,3-10,12,14-16,19,21,23-25,27,29-30,32,34-36H2,1-2H3,(H,45,48)/b13-11-,18-17-,22-20-,28-26-,33-31+/t37-,38+,39?,41?,42?,43?,44?/m0/s1. The molecule has 1 amide bonds. The minimum Gasteiger partial charge on any atom is -0.394 e. The highest BCUT2D eigenvalue weighted by Gasteiger charge is 2.44. The molecule has 0 aromatic carbocycles. The van der Waals surface area contributed by atoms with Gasteiger partial charge in [-0.1, -0.05) is 152 Å². The molecule has 1 aliphatic heterocycles. The monoisotopic (exact) mass is 748 g/mol. The zero-order chi connectivity index (χ0) is 38.8. The molecule has 9 nitrogen and oxygen atoms in total. The van der Waals surface area contributed by atoms with Crippen molar-refractivity contribution in [3.8, 4) is 0 Å². The van der Waals surface area contributed by atoms with E-state index in [9.17, 15) is 30.3 Å². The predicted octanol–water partition coefficient (Wildman–Crippen LogP) is 8.05. The molecule has 6 N–H and O–H groups in total. The third kappa shape index (κ3) is 25.6. The summed E-state index contributed by atoms with van der Waals surface area (Å²) in [4.78, 5) is 12.9. The van der Waals surface area contributed by atoms with Gasteiger partial charge >= 0.3 is 0 Å². The maximum absolute atomic E-state index is 12.9. The molecule has 0 spiro atoms. The van der Waals surface area contributed by atoms with E-state index in [1.165, 1.54) is 83.5 Å². The lowest BCUT2D eigenvalue weighted by Crippen LogP contribution is -2.60. The summed E-state index contributed by atoms with van der Waals surface area (Å²) < 4.78 is 11.2. The van der Waals surface area contributed by atoms with Crippen molar-refractivity contribution in [2.75, 3.05) is 13.2 Å². The molecular formula is C44H77NO8. The molecule has 0 aromatic heterocycles. The number of carbonyl (C=O) groups is 1. The average Bonchev–Trinajstić information content (AvgIpc) is 3.16. The van der Waals surface area contributed by atoms with Gasteiger partial charge in [-0.3, -0.25) is 4.79 Å². The van der Waals surface area contributed by atoms with Crippen molar-refractivity contribution in [1.82, 2.24) is 5.32 Å². The van der Waals surface area contributed by atoms with E-state index in [-0.39, 0.29) is 18.9 Å². The predicted molar refractivity (Wildman–Crippen MR) is 216 cm³/mol. The number of hydrogen-bond acceptors (Lipinski definition) is 8. The lowest BCUT2D eigenvalue weighted by Gasteiger charge is -2.40. The molecule has 53 heavy (non-hydrogen) atoms. The Hall–Kier alpha value is -2.11. The lowest BCUT2D eigenvalue weighted by atomic mass is 9.99. The molecule has 0 saturated carbocycles. The summed E-state index contributed by atoms with van der Waals surface area (Å²) in [6, 6.07) is -0.833. The van der Waals surface area contributed by atoms with Gasteiger partial charge in [0, 0.05) is 6.42 Å². The minimum absolute atomic E-state index is 0.213. The Kier molecular flexibility index (Phi) is 31.7. The maximum Gasteiger partial charge on any atom is 0.220 e. The Morgan fingerprint density at radius 1 is 0.642 bits per heavy atom. The van der Waals surface area contributed by atoms with E-state index in [4.69, 9.17) is 9.47 Å². The van der Waals surface area contributed by atoms with Crippen LogP contribution in [0.2, 0.25) is 0 Å². The topological polar surface area (TPSA) is 149 Å². The molecule has 0 aliphatic carbocycles. The van der Waals surface area contributed by atoms with Crippen molar-refractivity contribution in [3.05, 3.63) is 60.8 Å². The second-order valence-electron chi connectivity index (χ2n) is 14.4. The number of carbonyl (C=O) groups excluding carboxylic acids is 1. The normalized spacial score (nSPS) is 22.3. The largest absolute Gasteiger partial charge is 0.394 e. The second kappa shape index (κ2) is 34.4. The first-order chi connectivity index (χ1) is 25.8. The molecule has 0 radical (unpaired) electrons. The third-order valence-electron chi connectivity index (χ3n) is 9.59. The highest BCUT2D eigenvalue weighted by atomic mass is 16.7. The van der Waals surface area contributed by atoms with Gasteiger partial charge in [-0.05, 0) is 57.8 Å². The number of nitrogens with one attached hydrogen (secondary N) is 1. The summed E-state index contributed by atoms with van der Waals surface area (Å²) in [7, 11) is 0. The van der Waals surface area contributed by atoms with Crippen LogP contribution < -0.4 is 5.32 Å². The van der Waals surface area contributed by atoms with Crippen molar-refractivity contribution >= 4 is 5.91 Å². The Labute approximate surface area is 322 Å². The summed E-state index contributed by atoms with van der Waals surface area (Å²) in [5.41, 5.74) is 0. The molecule has 5 unspecified atom stereocenters. The zero-order valence-corrected chi connectivity index (χ0v) is 33.2. The highest BCUT2D eigenvalue weighted by molar-refractivity contribution is 5.76. The van der Waals surface area contributed by atoms with Crippen LogP contribution in [0.1, 0.15) is 155 Å². The lowest BCUT2D eigenvalue weighted by molar-refractivity contribution is -0.302. The number of unbranched alkanes of at least 4 members (excludes halogenated alkanes) is 15. The van der Waals surface area contributed by atoms with Crippen LogP contribution in [-0.2, 0) is 14.3 Å². The first-order valence-electron chi connectivity index (χ1n) is 21.0. The Morgan fingerprint density at radius 2 is 1.11 bits per heavy atom. The van der Waals surface area contributed by atoms with Crippen molar-refractivity contribution in [2.45, 2.75) is 198 Å². The van der Waals surface area contributed by atoms with E-state index in [0.29, 0.717) is 6.42 Å². The van der Waals surface area contributed by atoms with E-state index in [1.807, 2.05) is 6.08 Å². The molecule has 9 heteroatoms. The van der Waals surface area contributed by atoms with Gasteiger partial charge in [0.25, 0.3) is 0 Å². The molecule has 7 atom stereocenters. The van der Waals surface area contributed by atoms with Gasteiger partial charge in [0.15, 0.2) is 6.29 Å². The van der Waals surface area contributed by atoms with Gasteiger partial charge in [-0.25, -0.2) is 0 Å². The molecule has 1 rings (SSSR count). The Bertz CT molecular complexity index is 1010. The number of aliphatic hydroxyl groups is 5. The number of ether oxygens (including phenoxy) is 2. The van der Waals surface area contributed by atoms with Gasteiger partial charge in [0.05, 0.1) is 25.4 Å². The minimum atomic E-state index is -1.58. The Balaban J connectivity index is 2.47. The molecule has 0 aromatic rings. The van der Waals surface area contributed by atoms with Crippen LogP contribution in [0.5, 0.6) is 0 Å². The number of hydrogen-bond donors (Lipinski definition) is 6. The first-order valence-corrected chi connectivity index (χ1v) is 21.0. The number of allylic oxidation sites excluding steroid dienone is 9. The average molecular weight is 748 g/mol. The summed E-state index contributed by atoms with van der Waals surface area (Å²) in [5, 5.41) is 54.0. The van der Waals surface area contributed by atoms with E-state index < -0.39 is 49.5 Å². The third-order valence-corrected chi connectivity index (χ3v) is 9.59. The summed E-state index contributed by atoms with van der Waals surface area (Å²) >= 11 is 0.